The second kappa shape index (κ2) is 5.16. The van der Waals surface area contributed by atoms with Crippen molar-refractivity contribution in [3.8, 4) is 0 Å². The molecule has 102 valence electrons. The summed E-state index contributed by atoms with van der Waals surface area (Å²) in [4.78, 5) is 3.83. The highest BCUT2D eigenvalue weighted by molar-refractivity contribution is 7.89. The topological polar surface area (TPSA) is 111 Å². The summed E-state index contributed by atoms with van der Waals surface area (Å²) in [5.41, 5.74) is 5.89. The zero-order valence-electron chi connectivity index (χ0n) is 9.92. The first kappa shape index (κ1) is 13.8. The lowest BCUT2D eigenvalue weighted by Gasteiger charge is -2.07. The minimum absolute atomic E-state index is 0.0502. The molecule has 0 unspecified atom stereocenters. The lowest BCUT2D eigenvalue weighted by Crippen LogP contribution is -2.23. The summed E-state index contributed by atoms with van der Waals surface area (Å²) in [5, 5.41) is 3.61. The molecule has 0 fully saturated rings. The van der Waals surface area contributed by atoms with Crippen LogP contribution in [0.15, 0.2) is 27.6 Å². The lowest BCUT2D eigenvalue weighted by molar-refractivity contribution is 0.372. The van der Waals surface area contributed by atoms with E-state index in [-0.39, 0.29) is 22.4 Å². The molecule has 1 aromatic heterocycles. The van der Waals surface area contributed by atoms with Crippen LogP contribution < -0.4 is 10.5 Å². The molecule has 1 aromatic carbocycles. The Labute approximate surface area is 114 Å². The van der Waals surface area contributed by atoms with Crippen molar-refractivity contribution >= 4 is 27.3 Å². The molecule has 9 heteroatoms. The molecule has 2 aromatic rings. The van der Waals surface area contributed by atoms with Crippen molar-refractivity contribution < 1.29 is 12.9 Å². The summed E-state index contributed by atoms with van der Waals surface area (Å²) in [6.07, 6.45) is 0. The van der Waals surface area contributed by atoms with Gasteiger partial charge in [-0.25, -0.2) is 13.1 Å². The maximum atomic E-state index is 12.0. The van der Waals surface area contributed by atoms with Gasteiger partial charge in [-0.2, -0.15) is 4.98 Å². The highest BCUT2D eigenvalue weighted by atomic mass is 35.5. The molecule has 0 amide bonds. The number of nitrogen functional groups attached to an aromatic ring is 1. The van der Waals surface area contributed by atoms with Gasteiger partial charge in [0, 0.05) is 5.69 Å². The van der Waals surface area contributed by atoms with Gasteiger partial charge in [0.2, 0.25) is 15.9 Å². The van der Waals surface area contributed by atoms with Gasteiger partial charge in [0.1, 0.15) is 4.90 Å². The van der Waals surface area contributed by atoms with Crippen LogP contribution in [0.2, 0.25) is 5.02 Å². The Morgan fingerprint density at radius 2 is 2.21 bits per heavy atom. The van der Waals surface area contributed by atoms with Crippen molar-refractivity contribution in [1.29, 1.82) is 0 Å². The SMILES string of the molecule is Cc1noc(CNS(=O)(=O)c2ccc(N)cc2Cl)n1. The van der Waals surface area contributed by atoms with Gasteiger partial charge in [-0.15, -0.1) is 0 Å². The Kier molecular flexibility index (Phi) is 3.74. The first-order valence-corrected chi connectivity index (χ1v) is 7.08. The Bertz CT molecular complexity index is 699. The fourth-order valence-corrected chi connectivity index (χ4v) is 2.91. The molecule has 2 rings (SSSR count). The summed E-state index contributed by atoms with van der Waals surface area (Å²) in [6.45, 7) is 1.53. The van der Waals surface area contributed by atoms with Crippen LogP contribution in [0, 0.1) is 6.92 Å². The van der Waals surface area contributed by atoms with Crippen molar-refractivity contribution in [1.82, 2.24) is 14.9 Å². The number of halogens is 1. The third kappa shape index (κ3) is 3.22. The van der Waals surface area contributed by atoms with E-state index in [2.05, 4.69) is 14.9 Å². The first-order chi connectivity index (χ1) is 8.88. The van der Waals surface area contributed by atoms with Gasteiger partial charge in [0.25, 0.3) is 0 Å². The van der Waals surface area contributed by atoms with E-state index in [9.17, 15) is 8.42 Å². The van der Waals surface area contributed by atoms with E-state index in [0.29, 0.717) is 11.5 Å². The van der Waals surface area contributed by atoms with Crippen molar-refractivity contribution in [3.05, 3.63) is 34.9 Å². The molecular formula is C10H11ClN4O3S. The number of aromatic nitrogens is 2. The summed E-state index contributed by atoms with van der Waals surface area (Å²) < 4.78 is 31.2. The summed E-state index contributed by atoms with van der Waals surface area (Å²) in [5.74, 6) is 0.604. The van der Waals surface area contributed by atoms with Crippen molar-refractivity contribution in [3.63, 3.8) is 0 Å². The average Bonchev–Trinajstić information content (AvgIpc) is 2.72. The highest BCUT2D eigenvalue weighted by Gasteiger charge is 2.18. The number of hydrogen-bond donors (Lipinski definition) is 2. The van der Waals surface area contributed by atoms with Gasteiger partial charge in [0.05, 0.1) is 11.6 Å². The van der Waals surface area contributed by atoms with E-state index in [0.717, 1.165) is 0 Å². The van der Waals surface area contributed by atoms with E-state index in [1.165, 1.54) is 18.2 Å². The van der Waals surface area contributed by atoms with Crippen molar-refractivity contribution in [2.45, 2.75) is 18.4 Å². The standard InChI is InChI=1S/C10H11ClN4O3S/c1-6-14-10(18-15-6)5-13-19(16,17)9-3-2-7(12)4-8(9)11/h2-4,13H,5,12H2,1H3. The molecule has 0 atom stereocenters. The third-order valence-electron chi connectivity index (χ3n) is 2.23. The molecule has 3 N–H and O–H groups in total. The molecule has 0 saturated carbocycles. The molecule has 7 nitrogen and oxygen atoms in total. The number of nitrogens with zero attached hydrogens (tertiary/aromatic N) is 2. The van der Waals surface area contributed by atoms with E-state index in [1.54, 1.807) is 6.92 Å². The van der Waals surface area contributed by atoms with Gasteiger partial charge in [-0.3, -0.25) is 0 Å². The van der Waals surface area contributed by atoms with E-state index in [4.69, 9.17) is 21.9 Å². The van der Waals surface area contributed by atoms with Crippen LogP contribution in [-0.2, 0) is 16.6 Å². The Morgan fingerprint density at radius 1 is 1.47 bits per heavy atom. The number of hydrogen-bond acceptors (Lipinski definition) is 6. The van der Waals surface area contributed by atoms with Gasteiger partial charge in [-0.1, -0.05) is 16.8 Å². The molecule has 0 radical (unpaired) electrons. The number of nitrogens with two attached hydrogens (primary N) is 1. The van der Waals surface area contributed by atoms with Crippen LogP contribution in [0.25, 0.3) is 0 Å². The number of sulfonamides is 1. The van der Waals surface area contributed by atoms with E-state index >= 15 is 0 Å². The third-order valence-corrected chi connectivity index (χ3v) is 4.11. The zero-order valence-corrected chi connectivity index (χ0v) is 11.5. The predicted molar refractivity (Wildman–Crippen MR) is 68.9 cm³/mol. The molecule has 0 spiro atoms. The maximum absolute atomic E-state index is 12.0. The van der Waals surface area contributed by atoms with Crippen molar-refractivity contribution in [2.24, 2.45) is 0 Å². The maximum Gasteiger partial charge on any atom is 0.242 e. The fraction of sp³-hybridized carbons (Fsp3) is 0.200. The quantitative estimate of drug-likeness (QED) is 0.818. The number of rotatable bonds is 4. The summed E-state index contributed by atoms with van der Waals surface area (Å²) >= 11 is 5.85. The second-order valence-corrected chi connectivity index (χ2v) is 5.89. The smallest absolute Gasteiger partial charge is 0.242 e. The van der Waals surface area contributed by atoms with E-state index in [1.807, 2.05) is 0 Å². The Hall–Kier alpha value is -1.64. The number of nitrogens with one attached hydrogen (secondary N) is 1. The normalized spacial score (nSPS) is 11.7. The monoisotopic (exact) mass is 302 g/mol. The molecule has 1 heterocycles. The lowest BCUT2D eigenvalue weighted by atomic mass is 10.3. The van der Waals surface area contributed by atoms with Crippen molar-refractivity contribution in [2.75, 3.05) is 5.73 Å². The molecule has 0 aliphatic rings. The highest BCUT2D eigenvalue weighted by Crippen LogP contribution is 2.23. The van der Waals surface area contributed by atoms with Gasteiger partial charge in [0.15, 0.2) is 5.82 Å². The van der Waals surface area contributed by atoms with Gasteiger partial charge < -0.3 is 10.3 Å². The molecular weight excluding hydrogens is 292 g/mol. The Morgan fingerprint density at radius 3 is 2.79 bits per heavy atom. The molecule has 0 saturated heterocycles. The van der Waals surface area contributed by atoms with Crippen LogP contribution in [0.1, 0.15) is 11.7 Å². The largest absolute Gasteiger partial charge is 0.399 e. The predicted octanol–water partition coefficient (Wildman–Crippen LogP) is 1.09. The Balaban J connectivity index is 2.18. The first-order valence-electron chi connectivity index (χ1n) is 5.22. The average molecular weight is 303 g/mol. The zero-order chi connectivity index (χ0) is 14.0. The molecule has 0 bridgehead atoms. The molecule has 0 aliphatic carbocycles. The number of benzene rings is 1. The van der Waals surface area contributed by atoms with Crippen LogP contribution in [-0.4, -0.2) is 18.6 Å². The number of aryl methyl sites for hydroxylation is 1. The van der Waals surface area contributed by atoms with Crippen LogP contribution in [0.5, 0.6) is 0 Å². The van der Waals surface area contributed by atoms with Crippen LogP contribution in [0.4, 0.5) is 5.69 Å². The minimum atomic E-state index is -3.76. The van der Waals surface area contributed by atoms with Gasteiger partial charge in [-0.05, 0) is 25.1 Å². The van der Waals surface area contributed by atoms with Crippen LogP contribution in [0.3, 0.4) is 0 Å². The summed E-state index contributed by atoms with van der Waals surface area (Å²) in [6, 6.07) is 4.16. The summed E-state index contributed by atoms with van der Waals surface area (Å²) in [7, 11) is -3.76. The minimum Gasteiger partial charge on any atom is -0.399 e. The van der Waals surface area contributed by atoms with Crippen LogP contribution >= 0.6 is 11.6 Å². The molecule has 0 aliphatic heterocycles. The van der Waals surface area contributed by atoms with Gasteiger partial charge >= 0.3 is 0 Å². The second-order valence-electron chi connectivity index (χ2n) is 3.75. The fourth-order valence-electron chi connectivity index (χ4n) is 1.38. The molecule has 19 heavy (non-hydrogen) atoms. The number of anilines is 1. The van der Waals surface area contributed by atoms with E-state index < -0.39 is 10.0 Å².